The number of aromatic nitrogens is 1. The van der Waals surface area contributed by atoms with Gasteiger partial charge in [-0.05, 0) is 37.9 Å². The van der Waals surface area contributed by atoms with Crippen molar-refractivity contribution in [2.24, 2.45) is 0 Å². The van der Waals surface area contributed by atoms with Gasteiger partial charge >= 0.3 is 0 Å². The molecule has 18 heavy (non-hydrogen) atoms. The van der Waals surface area contributed by atoms with E-state index in [2.05, 4.69) is 15.6 Å². The normalized spacial score (nSPS) is 18.6. The van der Waals surface area contributed by atoms with Crippen LogP contribution in [-0.4, -0.2) is 37.1 Å². The van der Waals surface area contributed by atoms with Gasteiger partial charge in [-0.2, -0.15) is 0 Å². The van der Waals surface area contributed by atoms with Crippen molar-refractivity contribution in [3.05, 3.63) is 23.9 Å². The number of hydrogen-bond acceptors (Lipinski definition) is 4. The average Bonchev–Trinajstić information content (AvgIpc) is 2.91. The van der Waals surface area contributed by atoms with Crippen molar-refractivity contribution in [1.29, 1.82) is 0 Å². The zero-order chi connectivity index (χ0) is 12.8. The van der Waals surface area contributed by atoms with Crippen LogP contribution in [0.15, 0.2) is 18.3 Å². The molecule has 1 aromatic heterocycles. The highest BCUT2D eigenvalue weighted by Gasteiger charge is 2.15. The third-order valence-corrected chi connectivity index (χ3v) is 3.15. The summed E-state index contributed by atoms with van der Waals surface area (Å²) in [7, 11) is 1.52. The molecule has 98 valence electrons. The van der Waals surface area contributed by atoms with E-state index in [9.17, 15) is 4.79 Å². The summed E-state index contributed by atoms with van der Waals surface area (Å²) >= 11 is 0. The molecule has 1 aromatic rings. The summed E-state index contributed by atoms with van der Waals surface area (Å²) in [6.45, 7) is 1.77. The van der Waals surface area contributed by atoms with Crippen LogP contribution < -0.4 is 15.4 Å². The van der Waals surface area contributed by atoms with E-state index in [1.165, 1.54) is 20.0 Å². The van der Waals surface area contributed by atoms with E-state index in [-0.39, 0.29) is 5.91 Å². The second-order valence-corrected chi connectivity index (χ2v) is 4.40. The van der Waals surface area contributed by atoms with Gasteiger partial charge in [0.1, 0.15) is 5.56 Å². The molecule has 1 saturated heterocycles. The number of hydrogen-bond donors (Lipinski definition) is 2. The molecule has 2 N–H and O–H groups in total. The first kappa shape index (κ1) is 12.8. The van der Waals surface area contributed by atoms with Gasteiger partial charge in [0.15, 0.2) is 0 Å². The maximum atomic E-state index is 11.9. The molecule has 1 amide bonds. The largest absolute Gasteiger partial charge is 0.480 e. The molecule has 5 heteroatoms. The highest BCUT2D eigenvalue weighted by molar-refractivity contribution is 5.96. The van der Waals surface area contributed by atoms with E-state index in [1.807, 2.05) is 0 Å². The summed E-state index contributed by atoms with van der Waals surface area (Å²) in [4.78, 5) is 16.0. The van der Waals surface area contributed by atoms with Crippen molar-refractivity contribution in [2.45, 2.75) is 25.3 Å². The third kappa shape index (κ3) is 3.20. The Morgan fingerprint density at radius 3 is 3.28 bits per heavy atom. The number of pyridine rings is 1. The molecule has 2 rings (SSSR count). The first-order valence-electron chi connectivity index (χ1n) is 6.32. The molecule has 0 aromatic carbocycles. The Morgan fingerprint density at radius 1 is 1.67 bits per heavy atom. The number of nitrogens with zero attached hydrogens (tertiary/aromatic N) is 1. The molecular weight excluding hydrogens is 230 g/mol. The standard InChI is InChI=1S/C13H19N3O2/c1-18-13-11(5-3-8-16-13)12(17)15-9-6-10-4-2-7-14-10/h3,5,8,10,14H,2,4,6-7,9H2,1H3,(H,15,17)/t10-/m1/s1. The molecule has 1 aliphatic heterocycles. The zero-order valence-corrected chi connectivity index (χ0v) is 10.6. The van der Waals surface area contributed by atoms with E-state index in [4.69, 9.17) is 4.74 Å². The molecule has 0 spiro atoms. The maximum Gasteiger partial charge on any atom is 0.256 e. The van der Waals surface area contributed by atoms with Crippen molar-refractivity contribution in [3.63, 3.8) is 0 Å². The second-order valence-electron chi connectivity index (χ2n) is 4.40. The lowest BCUT2D eigenvalue weighted by atomic mass is 10.1. The molecular formula is C13H19N3O2. The van der Waals surface area contributed by atoms with Gasteiger partial charge in [0.2, 0.25) is 5.88 Å². The first-order valence-corrected chi connectivity index (χ1v) is 6.32. The van der Waals surface area contributed by atoms with Crippen LogP contribution in [-0.2, 0) is 0 Å². The lowest BCUT2D eigenvalue weighted by molar-refractivity contribution is 0.0948. The smallest absolute Gasteiger partial charge is 0.256 e. The van der Waals surface area contributed by atoms with Gasteiger partial charge in [-0.1, -0.05) is 0 Å². The van der Waals surface area contributed by atoms with E-state index in [0.29, 0.717) is 24.0 Å². The second kappa shape index (κ2) is 6.35. The van der Waals surface area contributed by atoms with Gasteiger partial charge in [-0.3, -0.25) is 4.79 Å². The fourth-order valence-electron chi connectivity index (χ4n) is 2.18. The van der Waals surface area contributed by atoms with Crippen molar-refractivity contribution < 1.29 is 9.53 Å². The topological polar surface area (TPSA) is 63.2 Å². The number of amides is 1. The Kier molecular flexibility index (Phi) is 4.52. The Morgan fingerprint density at radius 2 is 2.56 bits per heavy atom. The third-order valence-electron chi connectivity index (χ3n) is 3.15. The molecule has 0 unspecified atom stereocenters. The Labute approximate surface area is 107 Å². The van der Waals surface area contributed by atoms with Crippen LogP contribution in [0.1, 0.15) is 29.6 Å². The molecule has 1 atom stereocenters. The van der Waals surface area contributed by atoms with Crippen LogP contribution >= 0.6 is 0 Å². The Balaban J connectivity index is 1.83. The summed E-state index contributed by atoms with van der Waals surface area (Å²) in [6, 6.07) is 3.99. The van der Waals surface area contributed by atoms with Gasteiger partial charge in [0.25, 0.3) is 5.91 Å². The number of methoxy groups -OCH3 is 1. The maximum absolute atomic E-state index is 11.9. The molecule has 1 fully saturated rings. The van der Waals surface area contributed by atoms with E-state index < -0.39 is 0 Å². The van der Waals surface area contributed by atoms with E-state index in [1.54, 1.807) is 18.3 Å². The fourth-order valence-corrected chi connectivity index (χ4v) is 2.18. The lowest BCUT2D eigenvalue weighted by Gasteiger charge is -2.11. The van der Waals surface area contributed by atoms with Gasteiger partial charge in [-0.25, -0.2) is 4.98 Å². The average molecular weight is 249 g/mol. The molecule has 2 heterocycles. The van der Waals surface area contributed by atoms with E-state index >= 15 is 0 Å². The molecule has 0 saturated carbocycles. The molecule has 5 nitrogen and oxygen atoms in total. The number of carbonyl (C=O) groups is 1. The van der Waals surface area contributed by atoms with Crippen LogP contribution in [0.3, 0.4) is 0 Å². The van der Waals surface area contributed by atoms with Crippen molar-refractivity contribution in [2.75, 3.05) is 20.2 Å². The van der Waals surface area contributed by atoms with Gasteiger partial charge in [0.05, 0.1) is 7.11 Å². The minimum absolute atomic E-state index is 0.127. The molecule has 0 radical (unpaired) electrons. The molecule has 0 bridgehead atoms. The summed E-state index contributed by atoms with van der Waals surface area (Å²) < 4.78 is 5.06. The predicted molar refractivity (Wildman–Crippen MR) is 68.8 cm³/mol. The van der Waals surface area contributed by atoms with Crippen LogP contribution in [0.5, 0.6) is 5.88 Å². The minimum atomic E-state index is -0.127. The van der Waals surface area contributed by atoms with Crippen molar-refractivity contribution in [3.8, 4) is 5.88 Å². The summed E-state index contributed by atoms with van der Waals surface area (Å²) in [6.07, 6.45) is 5.01. The zero-order valence-electron chi connectivity index (χ0n) is 10.6. The number of nitrogens with one attached hydrogen (secondary N) is 2. The Bertz CT molecular complexity index is 403. The summed E-state index contributed by atoms with van der Waals surface area (Å²) in [5.41, 5.74) is 0.486. The first-order chi connectivity index (χ1) is 8.81. The highest BCUT2D eigenvalue weighted by atomic mass is 16.5. The molecule has 1 aliphatic rings. The monoisotopic (exact) mass is 249 g/mol. The predicted octanol–water partition coefficient (Wildman–Crippen LogP) is 0.962. The van der Waals surface area contributed by atoms with Crippen molar-refractivity contribution >= 4 is 5.91 Å². The highest BCUT2D eigenvalue weighted by Crippen LogP contribution is 2.13. The number of rotatable bonds is 5. The van der Waals surface area contributed by atoms with Gasteiger partial charge in [-0.15, -0.1) is 0 Å². The fraction of sp³-hybridized carbons (Fsp3) is 0.538. The Hall–Kier alpha value is -1.62. The van der Waals surface area contributed by atoms with Crippen LogP contribution in [0, 0.1) is 0 Å². The van der Waals surface area contributed by atoms with E-state index in [0.717, 1.165) is 13.0 Å². The minimum Gasteiger partial charge on any atom is -0.480 e. The van der Waals surface area contributed by atoms with Crippen LogP contribution in [0.2, 0.25) is 0 Å². The summed E-state index contributed by atoms with van der Waals surface area (Å²) in [5, 5.41) is 6.31. The number of ether oxygens (including phenoxy) is 1. The van der Waals surface area contributed by atoms with Crippen LogP contribution in [0.4, 0.5) is 0 Å². The van der Waals surface area contributed by atoms with Gasteiger partial charge in [0, 0.05) is 18.8 Å². The quantitative estimate of drug-likeness (QED) is 0.816. The van der Waals surface area contributed by atoms with Crippen LogP contribution in [0.25, 0.3) is 0 Å². The van der Waals surface area contributed by atoms with Gasteiger partial charge < -0.3 is 15.4 Å². The van der Waals surface area contributed by atoms with Crippen molar-refractivity contribution in [1.82, 2.24) is 15.6 Å². The SMILES string of the molecule is COc1ncccc1C(=O)NCC[C@H]1CCCN1. The lowest BCUT2D eigenvalue weighted by Crippen LogP contribution is -2.30. The summed E-state index contributed by atoms with van der Waals surface area (Å²) in [5.74, 6) is 0.243. The molecule has 0 aliphatic carbocycles. The number of carbonyl (C=O) groups excluding carboxylic acids is 1.